The molecule has 1 amide bonds. The SMILES string of the molecule is COCCCNC(=O)c1snnc1-c1cccs1. The normalized spacial score (nSPS) is 10.5. The molecular weight excluding hydrogens is 270 g/mol. The van der Waals surface area contributed by atoms with Crippen LogP contribution in [-0.2, 0) is 4.74 Å². The zero-order valence-corrected chi connectivity index (χ0v) is 11.5. The van der Waals surface area contributed by atoms with Crippen LogP contribution in [0.5, 0.6) is 0 Å². The van der Waals surface area contributed by atoms with E-state index < -0.39 is 0 Å². The average Bonchev–Trinajstić information content (AvgIpc) is 3.02. The van der Waals surface area contributed by atoms with Crippen molar-refractivity contribution in [2.24, 2.45) is 0 Å². The van der Waals surface area contributed by atoms with Crippen molar-refractivity contribution in [2.45, 2.75) is 6.42 Å². The van der Waals surface area contributed by atoms with Crippen LogP contribution in [0.1, 0.15) is 16.1 Å². The van der Waals surface area contributed by atoms with Crippen molar-refractivity contribution >= 4 is 28.8 Å². The van der Waals surface area contributed by atoms with Crippen LogP contribution in [0.4, 0.5) is 0 Å². The van der Waals surface area contributed by atoms with Gasteiger partial charge in [0.15, 0.2) is 0 Å². The number of hydrogen-bond acceptors (Lipinski definition) is 6. The highest BCUT2D eigenvalue weighted by Crippen LogP contribution is 2.27. The van der Waals surface area contributed by atoms with Crippen LogP contribution in [0.25, 0.3) is 10.6 Å². The van der Waals surface area contributed by atoms with Crippen molar-refractivity contribution in [3.05, 3.63) is 22.4 Å². The lowest BCUT2D eigenvalue weighted by atomic mass is 10.3. The van der Waals surface area contributed by atoms with E-state index in [0.29, 0.717) is 23.7 Å². The fourth-order valence-electron chi connectivity index (χ4n) is 1.41. The van der Waals surface area contributed by atoms with E-state index in [4.69, 9.17) is 4.74 Å². The summed E-state index contributed by atoms with van der Waals surface area (Å²) in [6, 6.07) is 3.86. The first-order chi connectivity index (χ1) is 8.83. The summed E-state index contributed by atoms with van der Waals surface area (Å²) in [7, 11) is 1.64. The molecule has 0 unspecified atom stereocenters. The van der Waals surface area contributed by atoms with Gasteiger partial charge in [-0.15, -0.1) is 16.4 Å². The molecule has 7 heteroatoms. The molecular formula is C11H13N3O2S2. The van der Waals surface area contributed by atoms with E-state index in [0.717, 1.165) is 22.8 Å². The Morgan fingerprint density at radius 2 is 2.44 bits per heavy atom. The molecule has 1 N–H and O–H groups in total. The standard InChI is InChI=1S/C11H13N3O2S2/c1-16-6-3-5-12-11(15)10-9(13-14-18-10)8-4-2-7-17-8/h2,4,7H,3,5-6H2,1H3,(H,12,15). The lowest BCUT2D eigenvalue weighted by Gasteiger charge is -2.03. The maximum atomic E-state index is 12.0. The summed E-state index contributed by atoms with van der Waals surface area (Å²) in [5, 5.41) is 8.81. The summed E-state index contributed by atoms with van der Waals surface area (Å²) in [5.41, 5.74) is 0.666. The molecule has 0 atom stereocenters. The molecule has 0 bridgehead atoms. The Kier molecular flexibility index (Phi) is 4.80. The summed E-state index contributed by atoms with van der Waals surface area (Å²) in [6.07, 6.45) is 0.794. The van der Waals surface area contributed by atoms with Gasteiger partial charge in [-0.25, -0.2) is 0 Å². The predicted molar refractivity (Wildman–Crippen MR) is 72.0 cm³/mol. The van der Waals surface area contributed by atoms with Gasteiger partial charge >= 0.3 is 0 Å². The van der Waals surface area contributed by atoms with Crippen molar-refractivity contribution in [3.63, 3.8) is 0 Å². The van der Waals surface area contributed by atoms with Crippen molar-refractivity contribution in [3.8, 4) is 10.6 Å². The Bertz CT molecular complexity index is 496. The van der Waals surface area contributed by atoms with E-state index in [1.165, 1.54) is 0 Å². The molecule has 2 aromatic rings. The molecule has 0 radical (unpaired) electrons. The fourth-order valence-corrected chi connectivity index (χ4v) is 2.79. The van der Waals surface area contributed by atoms with Gasteiger partial charge in [-0.1, -0.05) is 10.6 Å². The highest BCUT2D eigenvalue weighted by Gasteiger charge is 2.17. The van der Waals surface area contributed by atoms with Gasteiger partial charge in [0.2, 0.25) is 0 Å². The highest BCUT2D eigenvalue weighted by molar-refractivity contribution is 7.14. The number of aromatic nitrogens is 2. The number of carbonyl (C=O) groups excluding carboxylic acids is 1. The number of ether oxygens (including phenoxy) is 1. The van der Waals surface area contributed by atoms with Gasteiger partial charge in [-0.2, -0.15) is 0 Å². The maximum Gasteiger partial charge on any atom is 0.265 e. The Morgan fingerprint density at radius 3 is 3.17 bits per heavy atom. The summed E-state index contributed by atoms with van der Waals surface area (Å²) in [4.78, 5) is 13.5. The maximum absolute atomic E-state index is 12.0. The second kappa shape index (κ2) is 6.58. The molecule has 0 aliphatic heterocycles. The number of carbonyl (C=O) groups is 1. The van der Waals surface area contributed by atoms with Crippen LogP contribution < -0.4 is 5.32 Å². The first-order valence-electron chi connectivity index (χ1n) is 5.46. The molecule has 96 valence electrons. The van der Waals surface area contributed by atoms with Crippen LogP contribution in [0.2, 0.25) is 0 Å². The van der Waals surface area contributed by atoms with Gasteiger partial charge < -0.3 is 10.1 Å². The zero-order valence-electron chi connectivity index (χ0n) is 9.88. The first-order valence-corrected chi connectivity index (χ1v) is 7.11. The molecule has 0 saturated heterocycles. The Labute approximate surface area is 113 Å². The summed E-state index contributed by atoms with van der Waals surface area (Å²) < 4.78 is 8.78. The minimum absolute atomic E-state index is 0.121. The third-order valence-electron chi connectivity index (χ3n) is 2.26. The number of hydrogen-bond donors (Lipinski definition) is 1. The molecule has 0 aliphatic rings. The molecule has 0 fully saturated rings. The molecule has 2 aromatic heterocycles. The van der Waals surface area contributed by atoms with Crippen LogP contribution in [0.3, 0.4) is 0 Å². The van der Waals surface area contributed by atoms with E-state index in [1.54, 1.807) is 18.4 Å². The van der Waals surface area contributed by atoms with Gasteiger partial charge in [0, 0.05) is 20.3 Å². The van der Waals surface area contributed by atoms with E-state index in [2.05, 4.69) is 14.9 Å². The lowest BCUT2D eigenvalue weighted by molar-refractivity contribution is 0.0953. The highest BCUT2D eigenvalue weighted by atomic mass is 32.1. The minimum Gasteiger partial charge on any atom is -0.385 e. The van der Waals surface area contributed by atoms with Crippen molar-refractivity contribution in [1.29, 1.82) is 0 Å². The average molecular weight is 283 g/mol. The third-order valence-corrected chi connectivity index (χ3v) is 3.86. The van der Waals surface area contributed by atoms with Crippen molar-refractivity contribution < 1.29 is 9.53 Å². The van der Waals surface area contributed by atoms with E-state index >= 15 is 0 Å². The van der Waals surface area contributed by atoms with E-state index in [1.807, 2.05) is 17.5 Å². The Balaban J connectivity index is 2.01. The molecule has 5 nitrogen and oxygen atoms in total. The molecule has 0 spiro atoms. The quantitative estimate of drug-likeness (QED) is 0.824. The van der Waals surface area contributed by atoms with Gasteiger partial charge in [0.05, 0.1) is 4.88 Å². The molecule has 0 aliphatic carbocycles. The van der Waals surface area contributed by atoms with Crippen molar-refractivity contribution in [2.75, 3.05) is 20.3 Å². The molecule has 18 heavy (non-hydrogen) atoms. The first kappa shape index (κ1) is 13.1. The van der Waals surface area contributed by atoms with Crippen LogP contribution in [0.15, 0.2) is 17.5 Å². The summed E-state index contributed by atoms with van der Waals surface area (Å²) in [6.45, 7) is 1.23. The lowest BCUT2D eigenvalue weighted by Crippen LogP contribution is -2.24. The smallest absolute Gasteiger partial charge is 0.265 e. The summed E-state index contributed by atoms with van der Waals surface area (Å²) in [5.74, 6) is -0.121. The fraction of sp³-hybridized carbons (Fsp3) is 0.364. The summed E-state index contributed by atoms with van der Waals surface area (Å²) >= 11 is 2.67. The number of nitrogens with one attached hydrogen (secondary N) is 1. The Morgan fingerprint density at radius 1 is 1.56 bits per heavy atom. The molecule has 0 saturated carbocycles. The van der Waals surface area contributed by atoms with Gasteiger partial charge in [0.25, 0.3) is 5.91 Å². The zero-order chi connectivity index (χ0) is 12.8. The van der Waals surface area contributed by atoms with Crippen molar-refractivity contribution in [1.82, 2.24) is 14.9 Å². The topological polar surface area (TPSA) is 64.1 Å². The van der Waals surface area contributed by atoms with Gasteiger partial charge in [0.1, 0.15) is 10.6 Å². The second-order valence-electron chi connectivity index (χ2n) is 3.53. The predicted octanol–water partition coefficient (Wildman–Crippen LogP) is 2.03. The Hall–Kier alpha value is -1.31. The third kappa shape index (κ3) is 3.12. The van der Waals surface area contributed by atoms with Gasteiger partial charge in [-0.3, -0.25) is 4.79 Å². The molecule has 2 heterocycles. The van der Waals surface area contributed by atoms with Crippen LogP contribution in [0, 0.1) is 0 Å². The number of thiophene rings is 1. The molecule has 0 aromatic carbocycles. The van der Waals surface area contributed by atoms with Crippen LogP contribution in [-0.4, -0.2) is 35.8 Å². The largest absolute Gasteiger partial charge is 0.385 e. The molecule has 2 rings (SSSR count). The van der Waals surface area contributed by atoms with Gasteiger partial charge in [-0.05, 0) is 29.4 Å². The minimum atomic E-state index is -0.121. The number of amides is 1. The monoisotopic (exact) mass is 283 g/mol. The number of nitrogens with zero attached hydrogens (tertiary/aromatic N) is 2. The number of methoxy groups -OCH3 is 1. The number of rotatable bonds is 6. The van der Waals surface area contributed by atoms with E-state index in [9.17, 15) is 4.79 Å². The second-order valence-corrected chi connectivity index (χ2v) is 5.23. The van der Waals surface area contributed by atoms with Crippen LogP contribution >= 0.6 is 22.9 Å². The van der Waals surface area contributed by atoms with E-state index in [-0.39, 0.29) is 5.91 Å².